The summed E-state index contributed by atoms with van der Waals surface area (Å²) in [5, 5.41) is 9.54. The summed E-state index contributed by atoms with van der Waals surface area (Å²) in [6.07, 6.45) is 0. The second kappa shape index (κ2) is 6.50. The molecule has 0 spiro atoms. The van der Waals surface area contributed by atoms with Crippen molar-refractivity contribution in [2.45, 2.75) is 13.8 Å². The molecular weight excluding hydrogens is 254 g/mol. The first kappa shape index (κ1) is 14.6. The van der Waals surface area contributed by atoms with Crippen molar-refractivity contribution in [2.24, 2.45) is 5.92 Å². The minimum atomic E-state index is -0.877. The Bertz CT molecular complexity index is 421. The zero-order chi connectivity index (χ0) is 13.7. The largest absolute Gasteiger partial charge is 0.495 e. The molecule has 0 bridgehead atoms. The Hall–Kier alpha value is -1.42. The number of anilines is 1. The maximum atomic E-state index is 10.9. The maximum absolute atomic E-state index is 10.9. The Morgan fingerprint density at radius 2 is 2.17 bits per heavy atom. The van der Waals surface area contributed by atoms with Crippen molar-refractivity contribution < 1.29 is 14.6 Å². The normalized spacial score (nSPS) is 10.5. The predicted octanol–water partition coefficient (Wildman–Crippen LogP) is 2.90. The van der Waals surface area contributed by atoms with Crippen LogP contribution in [0.2, 0.25) is 5.02 Å². The highest BCUT2D eigenvalue weighted by Gasteiger charge is 2.16. The van der Waals surface area contributed by atoms with Crippen molar-refractivity contribution in [3.63, 3.8) is 0 Å². The topological polar surface area (TPSA) is 49.8 Å². The molecule has 1 rings (SSSR count). The van der Waals surface area contributed by atoms with Crippen LogP contribution in [-0.4, -0.2) is 31.3 Å². The van der Waals surface area contributed by atoms with Gasteiger partial charge < -0.3 is 14.7 Å². The summed E-state index contributed by atoms with van der Waals surface area (Å²) >= 11 is 5.96. The first-order valence-corrected chi connectivity index (χ1v) is 6.12. The number of nitrogens with zero attached hydrogens (tertiary/aromatic N) is 1. The van der Waals surface area contributed by atoms with Gasteiger partial charge in [-0.1, -0.05) is 25.4 Å². The van der Waals surface area contributed by atoms with E-state index in [-0.39, 0.29) is 6.54 Å². The summed E-state index contributed by atoms with van der Waals surface area (Å²) in [5.74, 6) is 0.0898. The maximum Gasteiger partial charge on any atom is 0.323 e. The number of halogens is 1. The summed E-state index contributed by atoms with van der Waals surface area (Å²) < 4.78 is 5.25. The van der Waals surface area contributed by atoms with Gasteiger partial charge in [0.15, 0.2) is 0 Å². The quantitative estimate of drug-likeness (QED) is 0.864. The van der Waals surface area contributed by atoms with Crippen LogP contribution in [0.5, 0.6) is 5.75 Å². The summed E-state index contributed by atoms with van der Waals surface area (Å²) in [6.45, 7) is 4.62. The first-order chi connectivity index (χ1) is 8.43. The van der Waals surface area contributed by atoms with E-state index in [4.69, 9.17) is 21.4 Å². The number of aliphatic carboxylic acids is 1. The lowest BCUT2D eigenvalue weighted by molar-refractivity contribution is -0.135. The van der Waals surface area contributed by atoms with Crippen molar-refractivity contribution in [3.8, 4) is 5.75 Å². The van der Waals surface area contributed by atoms with E-state index in [1.165, 1.54) is 0 Å². The van der Waals surface area contributed by atoms with Crippen LogP contribution in [0.15, 0.2) is 18.2 Å². The van der Waals surface area contributed by atoms with Gasteiger partial charge >= 0.3 is 5.97 Å². The third kappa shape index (κ3) is 4.11. The van der Waals surface area contributed by atoms with Gasteiger partial charge in [-0.3, -0.25) is 4.79 Å². The number of hydrogen-bond acceptors (Lipinski definition) is 3. The van der Waals surface area contributed by atoms with E-state index in [1.54, 1.807) is 30.2 Å². The average molecular weight is 272 g/mol. The predicted molar refractivity (Wildman–Crippen MR) is 72.7 cm³/mol. The lowest BCUT2D eigenvalue weighted by atomic mass is 10.1. The van der Waals surface area contributed by atoms with E-state index < -0.39 is 5.97 Å². The number of carboxylic acids is 1. The SMILES string of the molecule is COc1ccc(Cl)cc1N(CC(=O)O)CC(C)C. The van der Waals surface area contributed by atoms with Crippen LogP contribution in [-0.2, 0) is 4.79 Å². The fraction of sp³-hybridized carbons (Fsp3) is 0.462. The third-order valence-corrected chi connectivity index (χ3v) is 2.63. The molecule has 1 aromatic rings. The Kier molecular flexibility index (Phi) is 5.28. The molecule has 1 aromatic carbocycles. The molecule has 0 heterocycles. The summed E-state index contributed by atoms with van der Waals surface area (Å²) in [5.41, 5.74) is 0.709. The average Bonchev–Trinajstić information content (AvgIpc) is 2.26. The molecule has 5 heteroatoms. The lowest BCUT2D eigenvalue weighted by Crippen LogP contribution is -2.33. The van der Waals surface area contributed by atoms with E-state index in [0.29, 0.717) is 28.9 Å². The van der Waals surface area contributed by atoms with Gasteiger partial charge in [0.1, 0.15) is 12.3 Å². The second-order valence-corrected chi connectivity index (χ2v) is 4.92. The zero-order valence-electron chi connectivity index (χ0n) is 10.8. The van der Waals surface area contributed by atoms with Gasteiger partial charge in [-0.25, -0.2) is 0 Å². The van der Waals surface area contributed by atoms with Crippen LogP contribution >= 0.6 is 11.6 Å². The molecule has 0 fully saturated rings. The molecule has 0 aliphatic heterocycles. The number of hydrogen-bond donors (Lipinski definition) is 1. The molecule has 0 aliphatic carbocycles. The highest BCUT2D eigenvalue weighted by atomic mass is 35.5. The van der Waals surface area contributed by atoms with E-state index in [1.807, 2.05) is 13.8 Å². The Morgan fingerprint density at radius 1 is 1.50 bits per heavy atom. The third-order valence-electron chi connectivity index (χ3n) is 2.39. The van der Waals surface area contributed by atoms with Crippen molar-refractivity contribution >= 4 is 23.3 Å². The number of ether oxygens (including phenoxy) is 1. The molecule has 1 N–H and O–H groups in total. The van der Waals surface area contributed by atoms with Gasteiger partial charge in [-0.2, -0.15) is 0 Å². The molecule has 18 heavy (non-hydrogen) atoms. The molecule has 4 nitrogen and oxygen atoms in total. The van der Waals surface area contributed by atoms with Crippen LogP contribution in [0.3, 0.4) is 0 Å². The Labute approximate surface area is 112 Å². The summed E-state index contributed by atoms with van der Waals surface area (Å²) in [7, 11) is 1.56. The molecule has 0 saturated carbocycles. The van der Waals surface area contributed by atoms with Crippen LogP contribution in [0.25, 0.3) is 0 Å². The number of carbonyl (C=O) groups is 1. The Balaban J connectivity index is 3.09. The van der Waals surface area contributed by atoms with Crippen LogP contribution in [0, 0.1) is 5.92 Å². The van der Waals surface area contributed by atoms with Gasteiger partial charge in [-0.15, -0.1) is 0 Å². The standard InChI is InChI=1S/C13H18ClNO3/c1-9(2)7-15(8-13(16)17)11-6-10(14)4-5-12(11)18-3/h4-6,9H,7-8H2,1-3H3,(H,16,17). The fourth-order valence-corrected chi connectivity index (χ4v) is 1.93. The number of methoxy groups -OCH3 is 1. The van der Waals surface area contributed by atoms with E-state index in [9.17, 15) is 4.79 Å². The van der Waals surface area contributed by atoms with Gasteiger partial charge in [-0.05, 0) is 24.1 Å². The molecule has 0 saturated heterocycles. The molecule has 0 amide bonds. The molecule has 0 radical (unpaired) electrons. The van der Waals surface area contributed by atoms with Gasteiger partial charge in [0.2, 0.25) is 0 Å². The lowest BCUT2D eigenvalue weighted by Gasteiger charge is -2.26. The van der Waals surface area contributed by atoms with Crippen LogP contribution in [0.4, 0.5) is 5.69 Å². The highest BCUT2D eigenvalue weighted by molar-refractivity contribution is 6.31. The summed E-state index contributed by atoms with van der Waals surface area (Å²) in [6, 6.07) is 5.19. The fourth-order valence-electron chi connectivity index (χ4n) is 1.76. The van der Waals surface area contributed by atoms with Gasteiger partial charge in [0, 0.05) is 11.6 Å². The molecule has 0 atom stereocenters. The van der Waals surface area contributed by atoms with E-state index >= 15 is 0 Å². The number of benzene rings is 1. The molecule has 0 aromatic heterocycles. The van der Waals surface area contributed by atoms with E-state index in [2.05, 4.69) is 0 Å². The smallest absolute Gasteiger partial charge is 0.323 e. The summed E-state index contributed by atoms with van der Waals surface area (Å²) in [4.78, 5) is 12.7. The molecular formula is C13H18ClNO3. The minimum absolute atomic E-state index is 0.0745. The number of rotatable bonds is 6. The van der Waals surface area contributed by atoms with Crippen molar-refractivity contribution in [3.05, 3.63) is 23.2 Å². The van der Waals surface area contributed by atoms with E-state index in [0.717, 1.165) is 0 Å². The minimum Gasteiger partial charge on any atom is -0.495 e. The highest BCUT2D eigenvalue weighted by Crippen LogP contribution is 2.31. The second-order valence-electron chi connectivity index (χ2n) is 4.48. The van der Waals surface area contributed by atoms with Crippen molar-refractivity contribution in [1.29, 1.82) is 0 Å². The molecule has 100 valence electrons. The zero-order valence-corrected chi connectivity index (χ0v) is 11.6. The first-order valence-electron chi connectivity index (χ1n) is 5.74. The molecule has 0 unspecified atom stereocenters. The number of carboxylic acid groups (broad SMARTS) is 1. The molecule has 0 aliphatic rings. The van der Waals surface area contributed by atoms with Crippen LogP contribution in [0.1, 0.15) is 13.8 Å². The van der Waals surface area contributed by atoms with Crippen LogP contribution < -0.4 is 9.64 Å². The van der Waals surface area contributed by atoms with Gasteiger partial charge in [0.05, 0.1) is 12.8 Å². The Morgan fingerprint density at radius 3 is 2.67 bits per heavy atom. The van der Waals surface area contributed by atoms with Crippen molar-refractivity contribution in [1.82, 2.24) is 0 Å². The monoisotopic (exact) mass is 271 g/mol. The van der Waals surface area contributed by atoms with Gasteiger partial charge in [0.25, 0.3) is 0 Å². The van der Waals surface area contributed by atoms with Crippen molar-refractivity contribution in [2.75, 3.05) is 25.1 Å².